The first-order valence-electron chi connectivity index (χ1n) is 9.01. The van der Waals surface area contributed by atoms with Gasteiger partial charge < -0.3 is 9.88 Å². The monoisotopic (exact) mass is 500 g/mol. The lowest BCUT2D eigenvalue weighted by atomic mass is 10.2. The second-order valence-electron chi connectivity index (χ2n) is 6.60. The number of anilines is 1. The van der Waals surface area contributed by atoms with Gasteiger partial charge in [-0.2, -0.15) is 5.10 Å². The normalized spacial score (nSPS) is 10.9. The summed E-state index contributed by atoms with van der Waals surface area (Å²) in [4.78, 5) is 23.5. The van der Waals surface area contributed by atoms with Crippen molar-refractivity contribution in [1.82, 2.24) is 9.99 Å². The van der Waals surface area contributed by atoms with Gasteiger partial charge in [0.2, 0.25) is 5.91 Å². The van der Waals surface area contributed by atoms with Gasteiger partial charge in [0.25, 0.3) is 5.91 Å². The van der Waals surface area contributed by atoms with Crippen LogP contribution in [0, 0.1) is 17.4 Å². The van der Waals surface area contributed by atoms with Crippen LogP contribution in [0.1, 0.15) is 34.2 Å². The third-order valence-corrected chi connectivity index (χ3v) is 5.09. The number of halogens is 1. The molecule has 0 unspecified atom stereocenters. The Bertz CT molecular complexity index is 1080. The van der Waals surface area contributed by atoms with Gasteiger partial charge in [0.15, 0.2) is 0 Å². The molecule has 2 aromatic carbocycles. The minimum absolute atomic E-state index is 0.191. The standard InChI is InChI=1S/C22H21IN4O2/c1-14-11-18(15(2)27(14)21-9-7-19(23)8-10-21)13-24-26-22(29)17-5-4-6-20(12-17)25-16(3)28/h4-13H,1-3H3,(H,25,28)(H,26,29). The molecule has 0 saturated carbocycles. The third-order valence-electron chi connectivity index (χ3n) is 4.37. The molecule has 6 nitrogen and oxygen atoms in total. The minimum atomic E-state index is -0.347. The fourth-order valence-corrected chi connectivity index (χ4v) is 3.43. The Balaban J connectivity index is 1.74. The second-order valence-corrected chi connectivity index (χ2v) is 7.85. The number of hydrogen-bond donors (Lipinski definition) is 2. The maximum Gasteiger partial charge on any atom is 0.271 e. The Kier molecular flexibility index (Phi) is 6.48. The first-order chi connectivity index (χ1) is 13.8. The lowest BCUT2D eigenvalue weighted by Gasteiger charge is -2.09. The van der Waals surface area contributed by atoms with Crippen LogP contribution in [0.5, 0.6) is 0 Å². The Hall–Kier alpha value is -2.94. The van der Waals surface area contributed by atoms with E-state index in [9.17, 15) is 9.59 Å². The molecule has 1 heterocycles. The van der Waals surface area contributed by atoms with Crippen molar-refractivity contribution in [1.29, 1.82) is 0 Å². The van der Waals surface area contributed by atoms with Crippen LogP contribution in [0.3, 0.4) is 0 Å². The highest BCUT2D eigenvalue weighted by Gasteiger charge is 2.10. The van der Waals surface area contributed by atoms with Crippen molar-refractivity contribution in [2.45, 2.75) is 20.8 Å². The van der Waals surface area contributed by atoms with Crippen LogP contribution in [-0.2, 0) is 4.79 Å². The number of carbonyl (C=O) groups is 2. The van der Waals surface area contributed by atoms with Crippen LogP contribution in [0.2, 0.25) is 0 Å². The van der Waals surface area contributed by atoms with Crippen LogP contribution in [0.15, 0.2) is 59.7 Å². The molecular weight excluding hydrogens is 479 g/mol. The number of benzene rings is 2. The number of aromatic nitrogens is 1. The maximum absolute atomic E-state index is 12.3. The number of amides is 2. The van der Waals surface area contributed by atoms with Gasteiger partial charge in [-0.3, -0.25) is 9.59 Å². The average molecular weight is 500 g/mol. The quantitative estimate of drug-likeness (QED) is 0.309. The highest BCUT2D eigenvalue weighted by molar-refractivity contribution is 14.1. The zero-order chi connectivity index (χ0) is 21.0. The highest BCUT2D eigenvalue weighted by Crippen LogP contribution is 2.20. The van der Waals surface area contributed by atoms with E-state index < -0.39 is 0 Å². The van der Waals surface area contributed by atoms with Gasteiger partial charge in [0.05, 0.1) is 6.21 Å². The fourth-order valence-electron chi connectivity index (χ4n) is 3.07. The molecule has 3 rings (SSSR count). The van der Waals surface area contributed by atoms with E-state index in [1.165, 1.54) is 10.5 Å². The molecule has 0 fully saturated rings. The van der Waals surface area contributed by atoms with Crippen LogP contribution in [0.4, 0.5) is 5.69 Å². The summed E-state index contributed by atoms with van der Waals surface area (Å²) in [6.45, 7) is 5.48. The molecule has 7 heteroatoms. The summed E-state index contributed by atoms with van der Waals surface area (Å²) in [5, 5.41) is 6.76. The first kappa shape index (κ1) is 20.8. The smallest absolute Gasteiger partial charge is 0.271 e. The molecule has 0 aliphatic carbocycles. The molecule has 148 valence electrons. The van der Waals surface area contributed by atoms with Gasteiger partial charge in [0.1, 0.15) is 0 Å². The maximum atomic E-state index is 12.3. The molecule has 0 aliphatic rings. The molecule has 3 aromatic rings. The van der Waals surface area contributed by atoms with E-state index in [4.69, 9.17) is 0 Å². The largest absolute Gasteiger partial charge is 0.326 e. The summed E-state index contributed by atoms with van der Waals surface area (Å²) in [6.07, 6.45) is 1.64. The van der Waals surface area contributed by atoms with E-state index in [0.717, 1.165) is 22.6 Å². The van der Waals surface area contributed by atoms with E-state index in [1.807, 2.05) is 19.9 Å². The molecule has 29 heavy (non-hydrogen) atoms. The van der Waals surface area contributed by atoms with Crippen LogP contribution < -0.4 is 10.7 Å². The van der Waals surface area contributed by atoms with Gasteiger partial charge in [-0.1, -0.05) is 6.07 Å². The van der Waals surface area contributed by atoms with E-state index in [-0.39, 0.29) is 11.8 Å². The topological polar surface area (TPSA) is 75.5 Å². The van der Waals surface area contributed by atoms with Crippen molar-refractivity contribution in [2.75, 3.05) is 5.32 Å². The Morgan fingerprint density at radius 1 is 1.07 bits per heavy atom. The Labute approximate surface area is 183 Å². The molecular formula is C22H21IN4O2. The summed E-state index contributed by atoms with van der Waals surface area (Å²) >= 11 is 2.28. The zero-order valence-electron chi connectivity index (χ0n) is 16.4. The van der Waals surface area contributed by atoms with Crippen molar-refractivity contribution in [3.05, 3.63) is 80.7 Å². The van der Waals surface area contributed by atoms with Crippen molar-refractivity contribution in [3.8, 4) is 5.69 Å². The molecule has 2 amide bonds. The van der Waals surface area contributed by atoms with Gasteiger partial charge in [0, 0.05) is 44.4 Å². The molecule has 1 aromatic heterocycles. The average Bonchev–Trinajstić information content (AvgIpc) is 2.96. The summed E-state index contributed by atoms with van der Waals surface area (Å²) in [5.41, 5.74) is 7.64. The van der Waals surface area contributed by atoms with Gasteiger partial charge >= 0.3 is 0 Å². The number of nitrogens with zero attached hydrogens (tertiary/aromatic N) is 2. The van der Waals surface area contributed by atoms with E-state index in [1.54, 1.807) is 30.5 Å². The number of carbonyl (C=O) groups excluding carboxylic acids is 2. The summed E-state index contributed by atoms with van der Waals surface area (Å²) < 4.78 is 3.33. The van der Waals surface area contributed by atoms with Crippen LogP contribution in [0.25, 0.3) is 5.69 Å². The van der Waals surface area contributed by atoms with E-state index in [0.29, 0.717) is 11.3 Å². The number of nitrogens with one attached hydrogen (secondary N) is 2. The SMILES string of the molecule is CC(=O)Nc1cccc(C(=O)NN=Cc2cc(C)n(-c3ccc(I)cc3)c2C)c1. The van der Waals surface area contributed by atoms with Crippen molar-refractivity contribution in [3.63, 3.8) is 0 Å². The van der Waals surface area contributed by atoms with Gasteiger partial charge in [-0.15, -0.1) is 0 Å². The van der Waals surface area contributed by atoms with E-state index >= 15 is 0 Å². The summed E-state index contributed by atoms with van der Waals surface area (Å²) in [7, 11) is 0. The Morgan fingerprint density at radius 2 is 1.79 bits per heavy atom. The molecule has 0 saturated heterocycles. The number of hydrazone groups is 1. The highest BCUT2D eigenvalue weighted by atomic mass is 127. The number of aryl methyl sites for hydroxylation is 1. The van der Waals surface area contributed by atoms with Crippen molar-refractivity contribution in [2.24, 2.45) is 5.10 Å². The molecule has 0 bridgehead atoms. The number of hydrogen-bond acceptors (Lipinski definition) is 3. The molecule has 0 spiro atoms. The van der Waals surface area contributed by atoms with Crippen molar-refractivity contribution >= 4 is 46.3 Å². The predicted molar refractivity (Wildman–Crippen MR) is 124 cm³/mol. The predicted octanol–water partition coefficient (Wildman–Crippen LogP) is 4.42. The lowest BCUT2D eigenvalue weighted by Crippen LogP contribution is -2.18. The first-order valence-corrected chi connectivity index (χ1v) is 10.1. The molecule has 0 aliphatic heterocycles. The van der Waals surface area contributed by atoms with Crippen LogP contribution >= 0.6 is 22.6 Å². The summed E-state index contributed by atoms with van der Waals surface area (Å²) in [5.74, 6) is -0.538. The molecule has 2 N–H and O–H groups in total. The van der Waals surface area contributed by atoms with E-state index in [2.05, 4.69) is 67.3 Å². The van der Waals surface area contributed by atoms with Crippen LogP contribution in [-0.4, -0.2) is 22.6 Å². The van der Waals surface area contributed by atoms with Crippen molar-refractivity contribution < 1.29 is 9.59 Å². The number of rotatable bonds is 5. The second kappa shape index (κ2) is 9.04. The molecule has 0 radical (unpaired) electrons. The van der Waals surface area contributed by atoms with Gasteiger partial charge in [-0.05, 0) is 85.0 Å². The lowest BCUT2D eigenvalue weighted by molar-refractivity contribution is -0.114. The molecule has 0 atom stereocenters. The fraction of sp³-hybridized carbons (Fsp3) is 0.136. The minimum Gasteiger partial charge on any atom is -0.326 e. The third kappa shape index (κ3) is 5.11. The zero-order valence-corrected chi connectivity index (χ0v) is 18.5. The Morgan fingerprint density at radius 3 is 2.48 bits per heavy atom. The van der Waals surface area contributed by atoms with Gasteiger partial charge in [-0.25, -0.2) is 5.43 Å². The summed E-state index contributed by atoms with van der Waals surface area (Å²) in [6, 6.07) is 17.0.